The molecule has 242 valence electrons. The lowest BCUT2D eigenvalue weighted by atomic mass is 9.70. The largest absolute Gasteiger partial charge is 0.454 e. The average molecular weight is 626 g/mol. The number of primary amides is 1. The van der Waals surface area contributed by atoms with Crippen LogP contribution in [-0.2, 0) is 16.0 Å². The summed E-state index contributed by atoms with van der Waals surface area (Å²) in [7, 11) is 1.76. The standard InChI is InChI=1S/C36H43N5O5/c1-20-26-10-8-23(33(42)41-17-24-12-13-36(41,35(2,3)4)31(24)46-34(37)43)15-28(26)45-30(20)27-14-22-9-11-29(39-18-25(19-39)44-5)38-32(22)40(27)16-21-6-7-21/h8-11,14-15,21,24-25,31H,6-7,12-13,16-19H2,1-5H3,(H2,37,43)/t24?,31-,36?/m1/s1. The van der Waals surface area contributed by atoms with Gasteiger partial charge in [0.05, 0.1) is 17.3 Å². The molecule has 1 aromatic carbocycles. The molecule has 3 atom stereocenters. The molecule has 2 saturated heterocycles. The molecule has 4 aromatic rings. The Hall–Kier alpha value is -4.05. The van der Waals surface area contributed by atoms with Gasteiger partial charge in [-0.15, -0.1) is 0 Å². The highest BCUT2D eigenvalue weighted by Gasteiger charge is 2.66. The van der Waals surface area contributed by atoms with Crippen LogP contribution in [0.5, 0.6) is 0 Å². The van der Waals surface area contributed by atoms with Crippen LogP contribution in [0.4, 0.5) is 10.6 Å². The zero-order valence-electron chi connectivity index (χ0n) is 27.3. The maximum atomic E-state index is 14.3. The van der Waals surface area contributed by atoms with E-state index in [1.165, 1.54) is 12.8 Å². The Bertz CT molecular complexity index is 1880. The van der Waals surface area contributed by atoms with E-state index in [1.807, 2.05) is 23.1 Å². The number of nitrogens with two attached hydrogens (primary N) is 1. The molecule has 2 unspecified atom stereocenters. The molecule has 0 radical (unpaired) electrons. The number of fused-ring (bicyclic) bond motifs is 4. The van der Waals surface area contributed by atoms with E-state index in [2.05, 4.69) is 55.4 Å². The SMILES string of the molecule is COC1CN(c2ccc3cc(-c4oc5cc(C(=O)N6CC7CCC6(C(C)(C)C)[C@@H]7OC(N)=O)ccc5c4C)n(CC4CC4)c3n2)C1. The topological polar surface area (TPSA) is 116 Å². The van der Waals surface area contributed by atoms with Gasteiger partial charge in [-0.3, -0.25) is 4.79 Å². The Labute approximate surface area is 268 Å². The lowest BCUT2D eigenvalue weighted by Crippen LogP contribution is -2.60. The number of amides is 2. The number of anilines is 1. The van der Waals surface area contributed by atoms with Gasteiger partial charge in [0.1, 0.15) is 23.2 Å². The summed E-state index contributed by atoms with van der Waals surface area (Å²) in [5, 5.41) is 2.07. The molecular formula is C36H43N5O5. The summed E-state index contributed by atoms with van der Waals surface area (Å²) in [4.78, 5) is 35.5. The number of aryl methyl sites for hydroxylation is 1. The minimum Gasteiger partial charge on any atom is -0.454 e. The van der Waals surface area contributed by atoms with Crippen molar-refractivity contribution in [1.29, 1.82) is 0 Å². The second-order valence-corrected chi connectivity index (χ2v) is 14.9. The fraction of sp³-hybridized carbons (Fsp3) is 0.528. The van der Waals surface area contributed by atoms with Crippen LogP contribution in [0.25, 0.3) is 33.5 Å². The number of benzene rings is 1. The molecule has 0 spiro atoms. The van der Waals surface area contributed by atoms with Gasteiger partial charge in [0.25, 0.3) is 5.91 Å². The van der Waals surface area contributed by atoms with Crippen molar-refractivity contribution < 1.29 is 23.5 Å². The lowest BCUT2D eigenvalue weighted by Gasteiger charge is -2.49. The number of pyridine rings is 1. The maximum absolute atomic E-state index is 14.3. The molecule has 4 fully saturated rings. The monoisotopic (exact) mass is 625 g/mol. The van der Waals surface area contributed by atoms with Crippen LogP contribution < -0.4 is 10.6 Å². The van der Waals surface area contributed by atoms with Crippen LogP contribution in [-0.4, -0.2) is 70.9 Å². The van der Waals surface area contributed by atoms with Crippen molar-refractivity contribution in [3.05, 3.63) is 47.5 Å². The summed E-state index contributed by atoms with van der Waals surface area (Å²) in [5.74, 6) is 2.42. The Morgan fingerprint density at radius 3 is 2.57 bits per heavy atom. The second-order valence-electron chi connectivity index (χ2n) is 14.9. The predicted octanol–water partition coefficient (Wildman–Crippen LogP) is 6.12. The quantitative estimate of drug-likeness (QED) is 0.263. The van der Waals surface area contributed by atoms with Gasteiger partial charge in [-0.05, 0) is 74.3 Å². The molecule has 10 nitrogen and oxygen atoms in total. The van der Waals surface area contributed by atoms with Gasteiger partial charge < -0.3 is 34.0 Å². The van der Waals surface area contributed by atoms with Gasteiger partial charge in [-0.2, -0.15) is 0 Å². The number of rotatable bonds is 7. The Morgan fingerprint density at radius 1 is 1.09 bits per heavy atom. The molecule has 2 saturated carbocycles. The van der Waals surface area contributed by atoms with E-state index in [0.29, 0.717) is 23.6 Å². The van der Waals surface area contributed by atoms with Crippen LogP contribution in [0.2, 0.25) is 0 Å². The van der Waals surface area contributed by atoms with Crippen LogP contribution in [0, 0.1) is 24.2 Å². The van der Waals surface area contributed by atoms with Crippen molar-refractivity contribution in [2.45, 2.75) is 77.7 Å². The third kappa shape index (κ3) is 4.36. The number of carbonyl (C=O) groups is 2. The number of nitrogens with zero attached hydrogens (tertiary/aromatic N) is 4. The van der Waals surface area contributed by atoms with Gasteiger partial charge in [-0.25, -0.2) is 9.78 Å². The average Bonchev–Trinajstić information content (AvgIpc) is 3.39. The van der Waals surface area contributed by atoms with E-state index >= 15 is 0 Å². The van der Waals surface area contributed by atoms with Crippen molar-refractivity contribution in [3.63, 3.8) is 0 Å². The van der Waals surface area contributed by atoms with Gasteiger partial charge >= 0.3 is 6.09 Å². The van der Waals surface area contributed by atoms with Crippen LogP contribution >= 0.6 is 0 Å². The lowest BCUT2D eigenvalue weighted by molar-refractivity contribution is -0.0359. The summed E-state index contributed by atoms with van der Waals surface area (Å²) in [6.45, 7) is 11.6. The second kappa shape index (κ2) is 10.2. The van der Waals surface area contributed by atoms with Crippen molar-refractivity contribution >= 4 is 39.8 Å². The first-order chi connectivity index (χ1) is 22.0. The number of aromatic nitrogens is 2. The van der Waals surface area contributed by atoms with Crippen molar-refractivity contribution in [2.24, 2.45) is 23.0 Å². The molecule has 46 heavy (non-hydrogen) atoms. The van der Waals surface area contributed by atoms with Crippen LogP contribution in [0.1, 0.15) is 62.4 Å². The fourth-order valence-corrected chi connectivity index (χ4v) is 8.51. The third-order valence-electron chi connectivity index (χ3n) is 11.3. The van der Waals surface area contributed by atoms with E-state index in [1.54, 1.807) is 7.11 Å². The zero-order chi connectivity index (χ0) is 32.1. The normalized spacial score (nSPS) is 24.7. The minimum absolute atomic E-state index is 0.0712. The highest BCUT2D eigenvalue weighted by Crippen LogP contribution is 2.57. The highest BCUT2D eigenvalue weighted by molar-refractivity contribution is 6.00. The Morgan fingerprint density at radius 2 is 1.87 bits per heavy atom. The van der Waals surface area contributed by atoms with Crippen LogP contribution in [0.3, 0.4) is 0 Å². The van der Waals surface area contributed by atoms with E-state index in [-0.39, 0.29) is 23.3 Å². The number of hydrogen-bond donors (Lipinski definition) is 1. The number of methoxy groups -OCH3 is 1. The van der Waals surface area contributed by atoms with Crippen LogP contribution in [0.15, 0.2) is 40.8 Å². The van der Waals surface area contributed by atoms with E-state index in [4.69, 9.17) is 24.6 Å². The molecule has 8 rings (SSSR count). The summed E-state index contributed by atoms with van der Waals surface area (Å²) >= 11 is 0. The fourth-order valence-electron chi connectivity index (χ4n) is 8.51. The number of hydrogen-bond acceptors (Lipinski definition) is 7. The van der Waals surface area contributed by atoms with E-state index in [0.717, 1.165) is 71.7 Å². The molecule has 10 heteroatoms. The van der Waals surface area contributed by atoms with E-state index < -0.39 is 17.7 Å². The van der Waals surface area contributed by atoms with Crippen molar-refractivity contribution in [2.75, 3.05) is 31.6 Å². The van der Waals surface area contributed by atoms with E-state index in [9.17, 15) is 9.59 Å². The Balaban J connectivity index is 1.16. The Kier molecular flexibility index (Phi) is 6.53. The molecule has 3 aromatic heterocycles. The smallest absolute Gasteiger partial charge is 0.404 e. The summed E-state index contributed by atoms with van der Waals surface area (Å²) < 4.78 is 20.2. The molecular weight excluding hydrogens is 582 g/mol. The molecule has 2 amide bonds. The minimum atomic E-state index is -0.786. The van der Waals surface area contributed by atoms with Crippen molar-refractivity contribution in [1.82, 2.24) is 14.5 Å². The first kappa shape index (κ1) is 29.4. The first-order valence-corrected chi connectivity index (χ1v) is 16.6. The number of ether oxygens (including phenoxy) is 2. The van der Waals surface area contributed by atoms with Crippen molar-refractivity contribution in [3.8, 4) is 11.5 Å². The number of furan rings is 1. The molecule has 2 aliphatic carbocycles. The molecule has 5 heterocycles. The molecule has 2 N–H and O–H groups in total. The van der Waals surface area contributed by atoms with Gasteiger partial charge in [0, 0.05) is 61.1 Å². The summed E-state index contributed by atoms with van der Waals surface area (Å²) in [5.41, 5.74) is 8.83. The molecule has 2 aliphatic heterocycles. The predicted molar refractivity (Wildman–Crippen MR) is 176 cm³/mol. The highest BCUT2D eigenvalue weighted by atomic mass is 16.6. The number of carbonyl (C=O) groups excluding carboxylic acids is 2. The molecule has 4 aliphatic rings. The maximum Gasteiger partial charge on any atom is 0.404 e. The third-order valence-corrected chi connectivity index (χ3v) is 11.3. The zero-order valence-corrected chi connectivity index (χ0v) is 27.3. The van der Waals surface area contributed by atoms with Gasteiger partial charge in [-0.1, -0.05) is 26.8 Å². The first-order valence-electron chi connectivity index (χ1n) is 16.6. The van der Waals surface area contributed by atoms with Gasteiger partial charge in [0.2, 0.25) is 0 Å². The number of piperidine rings is 1. The summed E-state index contributed by atoms with van der Waals surface area (Å²) in [6.07, 6.45) is 3.17. The summed E-state index contributed by atoms with van der Waals surface area (Å²) in [6, 6.07) is 12.2. The number of likely N-dealkylation sites (tertiary alicyclic amines) is 1. The van der Waals surface area contributed by atoms with Gasteiger partial charge in [0.15, 0.2) is 5.76 Å². The molecule has 2 bridgehead atoms.